The predicted molar refractivity (Wildman–Crippen MR) is 73.5 cm³/mol. The van der Waals surface area contributed by atoms with E-state index in [1.807, 2.05) is 25.2 Å². The summed E-state index contributed by atoms with van der Waals surface area (Å²) >= 11 is 3.51. The first-order valence-corrected chi connectivity index (χ1v) is 6.70. The molecule has 1 aromatic rings. The van der Waals surface area contributed by atoms with Gasteiger partial charge in [-0.15, -0.1) is 0 Å². The molecule has 0 saturated carbocycles. The van der Waals surface area contributed by atoms with Crippen LogP contribution in [0.3, 0.4) is 0 Å². The molecule has 3 nitrogen and oxygen atoms in total. The van der Waals surface area contributed by atoms with Crippen molar-refractivity contribution in [1.82, 2.24) is 5.32 Å². The molecule has 0 saturated heterocycles. The normalized spacial score (nSPS) is 10.5. The second-order valence-corrected chi connectivity index (χ2v) is 4.60. The van der Waals surface area contributed by atoms with Crippen molar-refractivity contribution in [3.8, 4) is 5.75 Å². The summed E-state index contributed by atoms with van der Waals surface area (Å²) in [4.78, 5) is 0. The van der Waals surface area contributed by atoms with E-state index in [0.29, 0.717) is 13.2 Å². The van der Waals surface area contributed by atoms with Crippen LogP contribution in [-0.4, -0.2) is 26.9 Å². The van der Waals surface area contributed by atoms with Gasteiger partial charge in [-0.1, -0.05) is 22.9 Å². The minimum atomic E-state index is 0.598. The van der Waals surface area contributed by atoms with Gasteiger partial charge in [-0.3, -0.25) is 0 Å². The van der Waals surface area contributed by atoms with Gasteiger partial charge >= 0.3 is 0 Å². The average Bonchev–Trinajstić information content (AvgIpc) is 2.33. The fourth-order valence-corrected chi connectivity index (χ4v) is 1.82. The fraction of sp³-hybridized carbons (Fsp3) is 0.538. The Morgan fingerprint density at radius 1 is 1.24 bits per heavy atom. The molecule has 17 heavy (non-hydrogen) atoms. The van der Waals surface area contributed by atoms with Crippen molar-refractivity contribution in [3.05, 3.63) is 28.2 Å². The van der Waals surface area contributed by atoms with Crippen molar-refractivity contribution < 1.29 is 9.47 Å². The maximum absolute atomic E-state index is 5.62. The molecule has 0 amide bonds. The Hall–Kier alpha value is -0.580. The lowest BCUT2D eigenvalue weighted by Gasteiger charge is -2.09. The second kappa shape index (κ2) is 8.50. The Morgan fingerprint density at radius 2 is 2.06 bits per heavy atom. The lowest BCUT2D eigenvalue weighted by Crippen LogP contribution is -2.08. The van der Waals surface area contributed by atoms with Gasteiger partial charge in [-0.05, 0) is 37.2 Å². The summed E-state index contributed by atoms with van der Waals surface area (Å²) in [5, 5.41) is 3.13. The summed E-state index contributed by atoms with van der Waals surface area (Å²) < 4.78 is 12.1. The summed E-state index contributed by atoms with van der Waals surface area (Å²) in [6.07, 6.45) is 1.05. The van der Waals surface area contributed by atoms with Gasteiger partial charge in [0.1, 0.15) is 12.4 Å². The molecule has 0 aliphatic carbocycles. The highest BCUT2D eigenvalue weighted by atomic mass is 79.9. The Kier molecular flexibility index (Phi) is 7.24. The summed E-state index contributed by atoms with van der Waals surface area (Å²) in [6.45, 7) is 4.96. The first kappa shape index (κ1) is 14.5. The molecule has 0 heterocycles. The summed E-state index contributed by atoms with van der Waals surface area (Å²) in [5.41, 5.74) is 1.19. The van der Waals surface area contributed by atoms with E-state index in [4.69, 9.17) is 9.47 Å². The Bertz CT molecular complexity index is 331. The molecule has 4 heteroatoms. The van der Waals surface area contributed by atoms with Gasteiger partial charge in [0, 0.05) is 17.6 Å². The van der Waals surface area contributed by atoms with E-state index in [1.165, 1.54) is 5.56 Å². The predicted octanol–water partition coefficient (Wildman–Crippen LogP) is 2.97. The maximum atomic E-state index is 5.62. The van der Waals surface area contributed by atoms with Crippen molar-refractivity contribution in [2.24, 2.45) is 0 Å². The third kappa shape index (κ3) is 5.52. The van der Waals surface area contributed by atoms with Crippen LogP contribution in [0.2, 0.25) is 0 Å². The lowest BCUT2D eigenvalue weighted by molar-refractivity contribution is 0.101. The van der Waals surface area contributed by atoms with E-state index < -0.39 is 0 Å². The zero-order chi connectivity index (χ0) is 12.5. The van der Waals surface area contributed by atoms with Crippen molar-refractivity contribution >= 4 is 15.9 Å². The van der Waals surface area contributed by atoms with Gasteiger partial charge in [-0.25, -0.2) is 0 Å². The Labute approximate surface area is 112 Å². The van der Waals surface area contributed by atoms with Crippen LogP contribution in [0.1, 0.15) is 18.9 Å². The number of benzene rings is 1. The first-order valence-electron chi connectivity index (χ1n) is 5.91. The quantitative estimate of drug-likeness (QED) is 0.749. The monoisotopic (exact) mass is 301 g/mol. The summed E-state index contributed by atoms with van der Waals surface area (Å²) in [5.74, 6) is 0.888. The van der Waals surface area contributed by atoms with Gasteiger partial charge in [0.15, 0.2) is 0 Å². The molecule has 0 radical (unpaired) electrons. The molecule has 0 aliphatic rings. The van der Waals surface area contributed by atoms with Gasteiger partial charge in [0.05, 0.1) is 6.61 Å². The van der Waals surface area contributed by atoms with Gasteiger partial charge in [0.25, 0.3) is 0 Å². The highest BCUT2D eigenvalue weighted by Gasteiger charge is 2.01. The van der Waals surface area contributed by atoms with Crippen LogP contribution >= 0.6 is 15.9 Å². The molecule has 0 fully saturated rings. The molecule has 0 aliphatic heterocycles. The minimum absolute atomic E-state index is 0.598. The molecule has 96 valence electrons. The summed E-state index contributed by atoms with van der Waals surface area (Å²) in [6, 6.07) is 6.01. The highest BCUT2D eigenvalue weighted by Crippen LogP contribution is 2.22. The Balaban J connectivity index is 2.40. The summed E-state index contributed by atoms with van der Waals surface area (Å²) in [7, 11) is 1.93. The third-order valence-electron chi connectivity index (χ3n) is 2.23. The Morgan fingerprint density at radius 3 is 2.76 bits per heavy atom. The van der Waals surface area contributed by atoms with Crippen LogP contribution in [0, 0.1) is 0 Å². The standard InChI is InChI=1S/C13H20BrNO2/c1-3-6-16-7-8-17-12-4-5-13(14)11(9-12)10-15-2/h4-5,9,15H,3,6-8,10H2,1-2H3. The number of nitrogens with one attached hydrogen (secondary N) is 1. The van der Waals surface area contributed by atoms with Crippen molar-refractivity contribution in [1.29, 1.82) is 0 Å². The van der Waals surface area contributed by atoms with Crippen LogP contribution in [-0.2, 0) is 11.3 Å². The lowest BCUT2D eigenvalue weighted by atomic mass is 10.2. The highest BCUT2D eigenvalue weighted by molar-refractivity contribution is 9.10. The number of halogens is 1. The molecular weight excluding hydrogens is 282 g/mol. The minimum Gasteiger partial charge on any atom is -0.491 e. The first-order chi connectivity index (χ1) is 8.27. The molecular formula is C13H20BrNO2. The maximum Gasteiger partial charge on any atom is 0.119 e. The second-order valence-electron chi connectivity index (χ2n) is 3.74. The van der Waals surface area contributed by atoms with E-state index in [0.717, 1.165) is 29.8 Å². The molecule has 0 unspecified atom stereocenters. The molecule has 1 N–H and O–H groups in total. The van der Waals surface area contributed by atoms with E-state index in [-0.39, 0.29) is 0 Å². The third-order valence-corrected chi connectivity index (χ3v) is 3.00. The molecule has 0 aromatic heterocycles. The van der Waals surface area contributed by atoms with Crippen LogP contribution in [0.15, 0.2) is 22.7 Å². The van der Waals surface area contributed by atoms with Crippen molar-refractivity contribution in [3.63, 3.8) is 0 Å². The van der Waals surface area contributed by atoms with Gasteiger partial charge in [0.2, 0.25) is 0 Å². The van der Waals surface area contributed by atoms with E-state index in [1.54, 1.807) is 0 Å². The SMILES string of the molecule is CCCOCCOc1ccc(Br)c(CNC)c1. The van der Waals surface area contributed by atoms with Gasteiger partial charge < -0.3 is 14.8 Å². The number of hydrogen-bond acceptors (Lipinski definition) is 3. The molecule has 0 bridgehead atoms. The van der Waals surface area contributed by atoms with Crippen molar-refractivity contribution in [2.45, 2.75) is 19.9 Å². The van der Waals surface area contributed by atoms with E-state index in [9.17, 15) is 0 Å². The fourth-order valence-electron chi connectivity index (χ4n) is 1.43. The van der Waals surface area contributed by atoms with Crippen LogP contribution in [0.25, 0.3) is 0 Å². The zero-order valence-electron chi connectivity index (χ0n) is 10.5. The smallest absolute Gasteiger partial charge is 0.119 e. The number of ether oxygens (including phenoxy) is 2. The van der Waals surface area contributed by atoms with E-state index >= 15 is 0 Å². The number of rotatable bonds is 8. The zero-order valence-corrected chi connectivity index (χ0v) is 12.0. The molecule has 1 rings (SSSR count). The van der Waals surface area contributed by atoms with Crippen molar-refractivity contribution in [2.75, 3.05) is 26.9 Å². The van der Waals surface area contributed by atoms with Crippen LogP contribution < -0.4 is 10.1 Å². The largest absolute Gasteiger partial charge is 0.491 e. The molecule has 1 aromatic carbocycles. The number of hydrogen-bond donors (Lipinski definition) is 1. The topological polar surface area (TPSA) is 30.5 Å². The average molecular weight is 302 g/mol. The van der Waals surface area contributed by atoms with Crippen LogP contribution in [0.4, 0.5) is 0 Å². The van der Waals surface area contributed by atoms with E-state index in [2.05, 4.69) is 28.2 Å². The molecule has 0 spiro atoms. The van der Waals surface area contributed by atoms with Gasteiger partial charge in [-0.2, -0.15) is 0 Å². The van der Waals surface area contributed by atoms with Crippen LogP contribution in [0.5, 0.6) is 5.75 Å². The molecule has 0 atom stereocenters.